The van der Waals surface area contributed by atoms with E-state index in [9.17, 15) is 13.9 Å². The summed E-state index contributed by atoms with van der Waals surface area (Å²) < 4.78 is 32.2. The van der Waals surface area contributed by atoms with E-state index in [2.05, 4.69) is 0 Å². The summed E-state index contributed by atoms with van der Waals surface area (Å²) in [6.45, 7) is -0.280. The van der Waals surface area contributed by atoms with Crippen LogP contribution >= 0.6 is 0 Å². The van der Waals surface area contributed by atoms with Gasteiger partial charge in [0.2, 0.25) is 0 Å². The van der Waals surface area contributed by atoms with Gasteiger partial charge in [-0.1, -0.05) is 30.3 Å². The van der Waals surface area contributed by atoms with Gasteiger partial charge in [-0.25, -0.2) is 8.78 Å². The van der Waals surface area contributed by atoms with Gasteiger partial charge in [0, 0.05) is 5.56 Å². The Hall–Kier alpha value is -1.78. The number of rotatable bonds is 3. The smallest absolute Gasteiger partial charge is 0.147 e. The van der Waals surface area contributed by atoms with Crippen LogP contribution in [-0.2, 0) is 10.3 Å². The van der Waals surface area contributed by atoms with E-state index in [0.29, 0.717) is 11.1 Å². The minimum absolute atomic E-state index is 0.280. The van der Waals surface area contributed by atoms with Crippen molar-refractivity contribution in [3.05, 3.63) is 71.3 Å². The van der Waals surface area contributed by atoms with Crippen LogP contribution in [0.15, 0.2) is 48.5 Å². The van der Waals surface area contributed by atoms with E-state index < -0.39 is 11.7 Å². The molecule has 2 atom stereocenters. The predicted molar refractivity (Wildman–Crippen MR) is 65.4 cm³/mol. The van der Waals surface area contributed by atoms with Crippen molar-refractivity contribution < 1.29 is 18.6 Å². The Morgan fingerprint density at radius 3 is 2.37 bits per heavy atom. The summed E-state index contributed by atoms with van der Waals surface area (Å²) >= 11 is 0. The lowest BCUT2D eigenvalue weighted by molar-refractivity contribution is 0.172. The van der Waals surface area contributed by atoms with Gasteiger partial charge in [-0.3, -0.25) is 0 Å². The molecule has 0 saturated carbocycles. The van der Waals surface area contributed by atoms with Gasteiger partial charge in [0.05, 0.1) is 6.61 Å². The molecule has 2 nitrogen and oxygen atoms in total. The van der Waals surface area contributed by atoms with Gasteiger partial charge in [-0.05, 0) is 23.8 Å². The van der Waals surface area contributed by atoms with Crippen molar-refractivity contribution in [2.75, 3.05) is 6.61 Å². The van der Waals surface area contributed by atoms with Gasteiger partial charge >= 0.3 is 0 Å². The van der Waals surface area contributed by atoms with Crippen molar-refractivity contribution in [2.45, 2.75) is 11.7 Å². The maximum atomic E-state index is 13.7. The average Bonchev–Trinajstić information content (AvgIpc) is 3.16. The van der Waals surface area contributed by atoms with Crippen molar-refractivity contribution >= 4 is 0 Å². The first-order valence-corrected chi connectivity index (χ1v) is 5.96. The molecule has 1 aliphatic heterocycles. The molecule has 2 aromatic carbocycles. The fraction of sp³-hybridized carbons (Fsp3) is 0.200. The molecule has 1 aliphatic rings. The van der Waals surface area contributed by atoms with Gasteiger partial charge in [-0.15, -0.1) is 0 Å². The zero-order valence-corrected chi connectivity index (χ0v) is 10.0. The van der Waals surface area contributed by atoms with E-state index in [-0.39, 0.29) is 18.2 Å². The summed E-state index contributed by atoms with van der Waals surface area (Å²) in [6, 6.07) is 12.0. The molecule has 0 spiro atoms. The molecule has 0 aliphatic carbocycles. The summed E-state index contributed by atoms with van der Waals surface area (Å²) in [5, 5.41) is 9.56. The number of epoxide rings is 1. The van der Waals surface area contributed by atoms with Crippen LogP contribution in [0.5, 0.6) is 0 Å². The Morgan fingerprint density at radius 1 is 1.05 bits per heavy atom. The van der Waals surface area contributed by atoms with Crippen molar-refractivity contribution in [1.82, 2.24) is 0 Å². The summed E-state index contributed by atoms with van der Waals surface area (Å²) in [4.78, 5) is 0. The molecule has 1 saturated heterocycles. The highest BCUT2D eigenvalue weighted by molar-refractivity contribution is 5.36. The van der Waals surface area contributed by atoms with Gasteiger partial charge < -0.3 is 9.84 Å². The monoisotopic (exact) mass is 262 g/mol. The maximum absolute atomic E-state index is 13.7. The zero-order chi connectivity index (χ0) is 13.5. The molecule has 2 unspecified atom stereocenters. The first-order valence-electron chi connectivity index (χ1n) is 5.96. The van der Waals surface area contributed by atoms with Crippen molar-refractivity contribution in [3.8, 4) is 0 Å². The van der Waals surface area contributed by atoms with Crippen LogP contribution < -0.4 is 0 Å². The molecular formula is C15H12F2O2. The van der Waals surface area contributed by atoms with Crippen LogP contribution in [0.1, 0.15) is 17.2 Å². The Bertz CT molecular complexity index is 597. The van der Waals surface area contributed by atoms with Crippen LogP contribution in [0.4, 0.5) is 8.78 Å². The molecule has 19 heavy (non-hydrogen) atoms. The lowest BCUT2D eigenvalue weighted by atomic mass is 9.92. The Morgan fingerprint density at radius 2 is 1.74 bits per heavy atom. The minimum Gasteiger partial charge on any atom is -0.393 e. The van der Waals surface area contributed by atoms with E-state index in [1.165, 1.54) is 18.2 Å². The van der Waals surface area contributed by atoms with Crippen LogP contribution in [0.3, 0.4) is 0 Å². The molecule has 1 N–H and O–H groups in total. The number of ether oxygens (including phenoxy) is 1. The topological polar surface area (TPSA) is 32.8 Å². The molecule has 4 heteroatoms. The third-order valence-electron chi connectivity index (χ3n) is 3.45. The molecule has 0 aromatic heterocycles. The van der Waals surface area contributed by atoms with Crippen LogP contribution in [-0.4, -0.2) is 11.7 Å². The number of hydrogen-bond donors (Lipinski definition) is 1. The van der Waals surface area contributed by atoms with Gasteiger partial charge in [-0.2, -0.15) is 0 Å². The molecule has 2 aromatic rings. The highest BCUT2D eigenvalue weighted by atomic mass is 19.1. The van der Waals surface area contributed by atoms with E-state index in [0.717, 1.165) is 0 Å². The third kappa shape index (κ3) is 1.93. The zero-order valence-electron chi connectivity index (χ0n) is 10.0. The summed E-state index contributed by atoms with van der Waals surface area (Å²) in [5.41, 5.74) is 0.0844. The quantitative estimate of drug-likeness (QED) is 0.863. The standard InChI is InChI=1S/C15H12F2O2/c16-11-7-5-10(6-8-11)15(9-18)14(19-15)12-3-1-2-4-13(12)17/h1-8,14,18H,9H2. The second-order valence-corrected chi connectivity index (χ2v) is 4.57. The number of hydrogen-bond acceptors (Lipinski definition) is 2. The molecule has 1 heterocycles. The molecule has 1 fully saturated rings. The Balaban J connectivity index is 1.96. The third-order valence-corrected chi connectivity index (χ3v) is 3.45. The normalized spacial score (nSPS) is 25.3. The molecule has 3 rings (SSSR count). The Kier molecular flexibility index (Phi) is 2.84. The van der Waals surface area contributed by atoms with Gasteiger partial charge in [0.25, 0.3) is 0 Å². The fourth-order valence-corrected chi connectivity index (χ4v) is 2.34. The largest absolute Gasteiger partial charge is 0.393 e. The fourth-order valence-electron chi connectivity index (χ4n) is 2.34. The highest BCUT2D eigenvalue weighted by Crippen LogP contribution is 2.57. The Labute approximate surface area is 109 Å². The van der Waals surface area contributed by atoms with E-state index >= 15 is 0 Å². The van der Waals surface area contributed by atoms with Crippen molar-refractivity contribution in [3.63, 3.8) is 0 Å². The van der Waals surface area contributed by atoms with E-state index in [4.69, 9.17) is 4.74 Å². The highest BCUT2D eigenvalue weighted by Gasteiger charge is 2.59. The predicted octanol–water partition coefficient (Wildman–Crippen LogP) is 2.92. The maximum Gasteiger partial charge on any atom is 0.147 e. The molecule has 0 bridgehead atoms. The van der Waals surface area contributed by atoms with Crippen LogP contribution in [0.25, 0.3) is 0 Å². The first kappa shape index (κ1) is 12.3. The molecule has 98 valence electrons. The van der Waals surface area contributed by atoms with Crippen LogP contribution in [0.2, 0.25) is 0 Å². The van der Waals surface area contributed by atoms with Gasteiger partial charge in [0.15, 0.2) is 0 Å². The summed E-state index contributed by atoms with van der Waals surface area (Å²) in [7, 11) is 0. The number of benzene rings is 2. The second kappa shape index (κ2) is 4.40. The second-order valence-electron chi connectivity index (χ2n) is 4.57. The summed E-state index contributed by atoms with van der Waals surface area (Å²) in [6.07, 6.45) is -0.538. The average molecular weight is 262 g/mol. The minimum atomic E-state index is -0.962. The number of aliphatic hydroxyl groups is 1. The molecular weight excluding hydrogens is 250 g/mol. The number of aliphatic hydroxyl groups excluding tert-OH is 1. The van der Waals surface area contributed by atoms with Crippen molar-refractivity contribution in [2.24, 2.45) is 0 Å². The van der Waals surface area contributed by atoms with E-state index in [1.807, 2.05) is 0 Å². The lowest BCUT2D eigenvalue weighted by Crippen LogP contribution is -2.15. The number of halogens is 2. The first-order chi connectivity index (χ1) is 9.17. The van der Waals surface area contributed by atoms with Crippen molar-refractivity contribution in [1.29, 1.82) is 0 Å². The van der Waals surface area contributed by atoms with E-state index in [1.54, 1.807) is 30.3 Å². The summed E-state index contributed by atoms with van der Waals surface area (Å²) in [5.74, 6) is -0.732. The van der Waals surface area contributed by atoms with Gasteiger partial charge in [0.1, 0.15) is 23.3 Å². The molecule has 0 amide bonds. The van der Waals surface area contributed by atoms with Crippen LogP contribution in [0, 0.1) is 11.6 Å². The lowest BCUT2D eigenvalue weighted by Gasteiger charge is -2.10. The SMILES string of the molecule is OCC1(c2ccc(F)cc2)OC1c1ccccc1F. The molecule has 0 radical (unpaired) electrons.